The van der Waals surface area contributed by atoms with E-state index in [4.69, 9.17) is 14.2 Å². The largest absolute Gasteiger partial charge is 0.507 e. The first kappa shape index (κ1) is 25.1. The minimum Gasteiger partial charge on any atom is -0.507 e. The van der Waals surface area contributed by atoms with Crippen molar-refractivity contribution in [1.29, 1.82) is 0 Å². The van der Waals surface area contributed by atoms with E-state index in [-0.39, 0.29) is 11.3 Å². The van der Waals surface area contributed by atoms with Gasteiger partial charge in [0, 0.05) is 18.7 Å². The highest BCUT2D eigenvalue weighted by atomic mass is 16.5. The van der Waals surface area contributed by atoms with Crippen LogP contribution in [0.25, 0.3) is 5.76 Å². The fourth-order valence-electron chi connectivity index (χ4n) is 4.09. The number of nitrogens with zero attached hydrogens (tertiary/aromatic N) is 2. The Labute approximate surface area is 200 Å². The van der Waals surface area contributed by atoms with Crippen LogP contribution < -0.4 is 14.2 Å². The Morgan fingerprint density at radius 1 is 1.06 bits per heavy atom. The highest BCUT2D eigenvalue weighted by Crippen LogP contribution is 2.42. The molecule has 182 valence electrons. The standard InChI is InChI=1S/C26H32N2O6/c1-7-34-18-9-10-19(16(2)14-18)24(29)22-23(17-8-11-20(32-5)21(15-17)33-6)28(13-12-27(3)4)26(31)25(22)30/h8-11,14-15,23,29H,7,12-13H2,1-6H3/b24-22+. The molecule has 0 bridgehead atoms. The Morgan fingerprint density at radius 2 is 1.76 bits per heavy atom. The summed E-state index contributed by atoms with van der Waals surface area (Å²) in [6.07, 6.45) is 0. The number of ether oxygens (including phenoxy) is 3. The number of rotatable bonds is 9. The number of Topliss-reactive ketones (excluding diaryl/α,β-unsaturated/α-hetero) is 1. The maximum Gasteiger partial charge on any atom is 0.295 e. The molecule has 1 amide bonds. The molecule has 1 aliphatic heterocycles. The summed E-state index contributed by atoms with van der Waals surface area (Å²) >= 11 is 0. The number of benzene rings is 2. The molecule has 0 aliphatic carbocycles. The lowest BCUT2D eigenvalue weighted by atomic mass is 9.93. The van der Waals surface area contributed by atoms with E-state index in [2.05, 4.69) is 0 Å². The predicted octanol–water partition coefficient (Wildman–Crippen LogP) is 3.39. The molecule has 34 heavy (non-hydrogen) atoms. The van der Waals surface area contributed by atoms with Crippen LogP contribution in [0.15, 0.2) is 42.0 Å². The molecule has 1 heterocycles. The van der Waals surface area contributed by atoms with Gasteiger partial charge in [-0.3, -0.25) is 9.59 Å². The number of ketones is 1. The molecule has 1 fully saturated rings. The van der Waals surface area contributed by atoms with Crippen LogP contribution in [0, 0.1) is 6.92 Å². The molecule has 1 saturated heterocycles. The summed E-state index contributed by atoms with van der Waals surface area (Å²) in [5.74, 6) is 0.0795. The monoisotopic (exact) mass is 468 g/mol. The molecule has 0 aromatic heterocycles. The Bertz CT molecular complexity index is 1110. The average Bonchev–Trinajstić information content (AvgIpc) is 3.07. The first-order valence-corrected chi connectivity index (χ1v) is 11.1. The van der Waals surface area contributed by atoms with Crippen LogP contribution in [0.2, 0.25) is 0 Å². The summed E-state index contributed by atoms with van der Waals surface area (Å²) in [5, 5.41) is 11.3. The molecule has 0 radical (unpaired) electrons. The zero-order valence-corrected chi connectivity index (χ0v) is 20.5. The minimum atomic E-state index is -0.772. The highest BCUT2D eigenvalue weighted by molar-refractivity contribution is 6.46. The fraction of sp³-hybridized carbons (Fsp3) is 0.385. The Kier molecular flexibility index (Phi) is 7.83. The molecule has 2 aromatic rings. The summed E-state index contributed by atoms with van der Waals surface area (Å²) in [4.78, 5) is 29.7. The Hall–Kier alpha value is -3.52. The number of aliphatic hydroxyl groups excluding tert-OH is 1. The van der Waals surface area contributed by atoms with Gasteiger partial charge in [-0.2, -0.15) is 0 Å². The first-order valence-electron chi connectivity index (χ1n) is 11.1. The molecule has 1 aliphatic rings. The molecule has 0 spiro atoms. The SMILES string of the molecule is CCOc1ccc(/C(O)=C2\C(=O)C(=O)N(CCN(C)C)C2c2ccc(OC)c(OC)c2)c(C)c1. The van der Waals surface area contributed by atoms with Crippen molar-refractivity contribution in [3.8, 4) is 17.2 Å². The van der Waals surface area contributed by atoms with Gasteiger partial charge in [-0.15, -0.1) is 0 Å². The van der Waals surface area contributed by atoms with Gasteiger partial charge >= 0.3 is 0 Å². The van der Waals surface area contributed by atoms with Gasteiger partial charge in [0.1, 0.15) is 11.5 Å². The Balaban J connectivity index is 2.19. The van der Waals surface area contributed by atoms with Gasteiger partial charge in [0.05, 0.1) is 32.4 Å². The van der Waals surface area contributed by atoms with Gasteiger partial charge in [0.2, 0.25) is 0 Å². The number of aryl methyl sites for hydroxylation is 1. The number of amides is 1. The second-order valence-corrected chi connectivity index (χ2v) is 8.32. The van der Waals surface area contributed by atoms with E-state index in [1.165, 1.54) is 19.1 Å². The van der Waals surface area contributed by atoms with Crippen molar-refractivity contribution >= 4 is 17.4 Å². The first-order chi connectivity index (χ1) is 16.2. The van der Waals surface area contributed by atoms with Crippen LogP contribution in [0.3, 0.4) is 0 Å². The summed E-state index contributed by atoms with van der Waals surface area (Å²) in [6, 6.07) is 9.70. The van der Waals surface area contributed by atoms with Crippen LogP contribution in [-0.4, -0.2) is 74.6 Å². The molecule has 3 rings (SSSR count). The molecule has 8 nitrogen and oxygen atoms in total. The topological polar surface area (TPSA) is 88.5 Å². The lowest BCUT2D eigenvalue weighted by Crippen LogP contribution is -2.35. The molecule has 8 heteroatoms. The molecule has 1 unspecified atom stereocenters. The molecule has 1 atom stereocenters. The summed E-state index contributed by atoms with van der Waals surface area (Å²) in [6.45, 7) is 5.10. The van der Waals surface area contributed by atoms with Gasteiger partial charge < -0.3 is 29.1 Å². The second-order valence-electron chi connectivity index (χ2n) is 8.32. The van der Waals surface area contributed by atoms with Crippen LogP contribution in [0.5, 0.6) is 17.2 Å². The van der Waals surface area contributed by atoms with Crippen molar-refractivity contribution in [3.63, 3.8) is 0 Å². The number of hydrogen-bond acceptors (Lipinski definition) is 7. The van der Waals surface area contributed by atoms with E-state index in [1.807, 2.05) is 32.8 Å². The molecule has 2 aromatic carbocycles. The van der Waals surface area contributed by atoms with Crippen molar-refractivity contribution in [2.45, 2.75) is 19.9 Å². The fourth-order valence-corrected chi connectivity index (χ4v) is 4.09. The van der Waals surface area contributed by atoms with Crippen LogP contribution in [0.1, 0.15) is 29.7 Å². The van der Waals surface area contributed by atoms with Gasteiger partial charge in [0.25, 0.3) is 11.7 Å². The number of carbonyl (C=O) groups excluding carboxylic acids is 2. The van der Waals surface area contributed by atoms with Crippen LogP contribution in [0.4, 0.5) is 0 Å². The normalized spacial score (nSPS) is 17.4. The van der Waals surface area contributed by atoms with Crippen molar-refractivity contribution < 1.29 is 28.9 Å². The quantitative estimate of drug-likeness (QED) is 0.343. The number of carbonyl (C=O) groups is 2. The van der Waals surface area contributed by atoms with Crippen LogP contribution in [-0.2, 0) is 9.59 Å². The lowest BCUT2D eigenvalue weighted by Gasteiger charge is -2.27. The van der Waals surface area contributed by atoms with Crippen molar-refractivity contribution in [2.24, 2.45) is 0 Å². The smallest absolute Gasteiger partial charge is 0.295 e. The average molecular weight is 469 g/mol. The maximum absolute atomic E-state index is 13.2. The van der Waals surface area contributed by atoms with Crippen LogP contribution >= 0.6 is 0 Å². The van der Waals surface area contributed by atoms with Gasteiger partial charge in [-0.25, -0.2) is 0 Å². The minimum absolute atomic E-state index is 0.0447. The van der Waals surface area contributed by atoms with E-state index in [0.717, 1.165) is 5.56 Å². The van der Waals surface area contributed by atoms with Crippen molar-refractivity contribution in [2.75, 3.05) is 48.0 Å². The maximum atomic E-state index is 13.2. The predicted molar refractivity (Wildman–Crippen MR) is 129 cm³/mol. The number of methoxy groups -OCH3 is 2. The summed E-state index contributed by atoms with van der Waals surface area (Å²) < 4.78 is 16.3. The number of hydrogen-bond donors (Lipinski definition) is 1. The summed E-state index contributed by atoms with van der Waals surface area (Å²) in [7, 11) is 6.85. The van der Waals surface area contributed by atoms with Gasteiger partial charge in [0.15, 0.2) is 11.5 Å². The van der Waals surface area contributed by atoms with Crippen molar-refractivity contribution in [1.82, 2.24) is 9.80 Å². The molecular weight excluding hydrogens is 436 g/mol. The number of likely N-dealkylation sites (N-methyl/N-ethyl adjacent to an activating group) is 1. The van der Waals surface area contributed by atoms with E-state index < -0.39 is 17.7 Å². The van der Waals surface area contributed by atoms with E-state index in [9.17, 15) is 14.7 Å². The van der Waals surface area contributed by atoms with Gasteiger partial charge in [-0.05, 0) is 69.4 Å². The zero-order chi connectivity index (χ0) is 25.0. The third-order valence-corrected chi connectivity index (χ3v) is 5.82. The Morgan fingerprint density at radius 3 is 2.35 bits per heavy atom. The number of aliphatic hydroxyl groups is 1. The van der Waals surface area contributed by atoms with Gasteiger partial charge in [-0.1, -0.05) is 6.07 Å². The molecule has 1 N–H and O–H groups in total. The third-order valence-electron chi connectivity index (χ3n) is 5.82. The third kappa shape index (κ3) is 4.87. The highest BCUT2D eigenvalue weighted by Gasteiger charge is 2.46. The molecule has 0 saturated carbocycles. The van der Waals surface area contributed by atoms with E-state index in [1.54, 1.807) is 36.4 Å². The zero-order valence-electron chi connectivity index (χ0n) is 20.5. The van der Waals surface area contributed by atoms with E-state index >= 15 is 0 Å². The van der Waals surface area contributed by atoms with E-state index in [0.29, 0.717) is 48.1 Å². The molecular formula is C26H32N2O6. The summed E-state index contributed by atoms with van der Waals surface area (Å²) in [5.41, 5.74) is 1.89. The number of likely N-dealkylation sites (tertiary alicyclic amines) is 1. The lowest BCUT2D eigenvalue weighted by molar-refractivity contribution is -0.140. The van der Waals surface area contributed by atoms with Crippen molar-refractivity contribution in [3.05, 3.63) is 58.7 Å². The second kappa shape index (κ2) is 10.6.